The lowest BCUT2D eigenvalue weighted by Gasteiger charge is -2.12. The summed E-state index contributed by atoms with van der Waals surface area (Å²) in [4.78, 5) is 20.6. The summed E-state index contributed by atoms with van der Waals surface area (Å²) in [5, 5.41) is 4.50. The van der Waals surface area contributed by atoms with E-state index >= 15 is 0 Å². The highest BCUT2D eigenvalue weighted by atomic mass is 16.5. The Kier molecular flexibility index (Phi) is 2.77. The van der Waals surface area contributed by atoms with Crippen molar-refractivity contribution in [3.63, 3.8) is 0 Å². The maximum Gasteiger partial charge on any atom is 0.359 e. The van der Waals surface area contributed by atoms with E-state index in [4.69, 9.17) is 4.74 Å². The molecule has 108 valence electrons. The van der Waals surface area contributed by atoms with Gasteiger partial charge in [0, 0.05) is 23.9 Å². The second-order valence-electron chi connectivity index (χ2n) is 5.55. The highest BCUT2D eigenvalue weighted by Gasteiger charge is 2.47. The average molecular weight is 284 g/mol. The highest BCUT2D eigenvalue weighted by molar-refractivity contribution is 5.89. The first kappa shape index (κ1) is 12.5. The number of carbonyl (C=O) groups excluding carboxylic acids is 1. The number of nitrogens with zero attached hydrogens (tertiary/aromatic N) is 4. The summed E-state index contributed by atoms with van der Waals surface area (Å²) in [7, 11) is 0. The number of hydrogen-bond acceptors (Lipinski definition) is 5. The molecule has 6 nitrogen and oxygen atoms in total. The van der Waals surface area contributed by atoms with Gasteiger partial charge in [-0.3, -0.25) is 4.98 Å². The number of carbonyl (C=O) groups is 1. The Balaban J connectivity index is 1.86. The number of esters is 1. The molecule has 2 aliphatic carbocycles. The highest BCUT2D eigenvalue weighted by Crippen LogP contribution is 2.55. The molecular formula is C15H16N4O2. The summed E-state index contributed by atoms with van der Waals surface area (Å²) >= 11 is 0. The van der Waals surface area contributed by atoms with Crippen molar-refractivity contribution >= 4 is 5.97 Å². The fourth-order valence-corrected chi connectivity index (χ4v) is 3.26. The molecule has 1 saturated carbocycles. The lowest BCUT2D eigenvalue weighted by atomic mass is 9.95. The first-order chi connectivity index (χ1) is 10.3. The standard InChI is InChI=1S/C15H16N4O2/c1-2-21-15(20)13-10-4-3-9-7-11(9)14(10)19(18-13)12-8-16-5-6-17-12/h5-6,8-9,11H,2-4,7H2,1H3/t9-,11+/m1/s1. The van der Waals surface area contributed by atoms with Gasteiger partial charge in [-0.25, -0.2) is 14.5 Å². The SMILES string of the molecule is CCOC(=O)c1nn(-c2cnccn2)c2c1CC[C@@H]1C[C@H]21. The van der Waals surface area contributed by atoms with Crippen molar-refractivity contribution in [2.24, 2.45) is 5.92 Å². The van der Waals surface area contributed by atoms with E-state index < -0.39 is 0 Å². The third-order valence-electron chi connectivity index (χ3n) is 4.30. The molecule has 1 fully saturated rings. The fraction of sp³-hybridized carbons (Fsp3) is 0.467. The summed E-state index contributed by atoms with van der Waals surface area (Å²) in [6.45, 7) is 2.17. The fourth-order valence-electron chi connectivity index (χ4n) is 3.26. The van der Waals surface area contributed by atoms with Crippen LogP contribution in [0, 0.1) is 5.92 Å². The monoisotopic (exact) mass is 284 g/mol. The van der Waals surface area contributed by atoms with Crippen molar-refractivity contribution in [3.05, 3.63) is 35.5 Å². The van der Waals surface area contributed by atoms with Crippen molar-refractivity contribution < 1.29 is 9.53 Å². The molecule has 2 aliphatic rings. The quantitative estimate of drug-likeness (QED) is 0.805. The Labute approximate surface area is 122 Å². The lowest BCUT2D eigenvalue weighted by molar-refractivity contribution is 0.0517. The van der Waals surface area contributed by atoms with E-state index in [9.17, 15) is 4.79 Å². The van der Waals surface area contributed by atoms with Gasteiger partial charge in [0.1, 0.15) is 0 Å². The van der Waals surface area contributed by atoms with Gasteiger partial charge in [0.05, 0.1) is 18.5 Å². The number of fused-ring (bicyclic) bond motifs is 3. The number of rotatable bonds is 3. The molecule has 0 bridgehead atoms. The average Bonchev–Trinajstić information content (AvgIpc) is 3.20. The van der Waals surface area contributed by atoms with Gasteiger partial charge in [0.2, 0.25) is 0 Å². The Bertz CT molecular complexity index is 695. The third kappa shape index (κ3) is 1.93. The van der Waals surface area contributed by atoms with E-state index in [2.05, 4.69) is 15.1 Å². The smallest absolute Gasteiger partial charge is 0.359 e. The summed E-state index contributed by atoms with van der Waals surface area (Å²) in [5.74, 6) is 1.57. The molecule has 0 aliphatic heterocycles. The molecule has 2 heterocycles. The van der Waals surface area contributed by atoms with Crippen LogP contribution in [0.1, 0.15) is 47.4 Å². The molecule has 0 aromatic carbocycles. The number of aromatic nitrogens is 4. The van der Waals surface area contributed by atoms with Crippen LogP contribution in [-0.4, -0.2) is 32.3 Å². The molecule has 2 aromatic rings. The molecular weight excluding hydrogens is 268 g/mol. The van der Waals surface area contributed by atoms with Gasteiger partial charge in [0.15, 0.2) is 11.5 Å². The second kappa shape index (κ2) is 4.65. The Morgan fingerprint density at radius 2 is 2.38 bits per heavy atom. The van der Waals surface area contributed by atoms with E-state index in [1.165, 1.54) is 6.42 Å². The van der Waals surface area contributed by atoms with Crippen molar-refractivity contribution in [2.45, 2.75) is 32.1 Å². The summed E-state index contributed by atoms with van der Waals surface area (Å²) < 4.78 is 6.93. The van der Waals surface area contributed by atoms with Gasteiger partial charge in [-0.15, -0.1) is 0 Å². The summed E-state index contributed by atoms with van der Waals surface area (Å²) in [6.07, 6.45) is 8.16. The van der Waals surface area contributed by atoms with Crippen molar-refractivity contribution in [3.8, 4) is 5.82 Å². The van der Waals surface area contributed by atoms with E-state index in [0.717, 1.165) is 30.0 Å². The van der Waals surface area contributed by atoms with Crippen LogP contribution in [0.25, 0.3) is 5.82 Å². The van der Waals surface area contributed by atoms with Crippen molar-refractivity contribution in [1.29, 1.82) is 0 Å². The molecule has 4 rings (SSSR count). The zero-order chi connectivity index (χ0) is 14.4. The Morgan fingerprint density at radius 1 is 1.48 bits per heavy atom. The van der Waals surface area contributed by atoms with E-state index in [1.54, 1.807) is 30.2 Å². The molecule has 2 aromatic heterocycles. The summed E-state index contributed by atoms with van der Waals surface area (Å²) in [5.41, 5.74) is 2.62. The Morgan fingerprint density at radius 3 is 3.14 bits per heavy atom. The minimum atomic E-state index is -0.338. The molecule has 0 N–H and O–H groups in total. The topological polar surface area (TPSA) is 69.9 Å². The minimum Gasteiger partial charge on any atom is -0.461 e. The van der Waals surface area contributed by atoms with Crippen LogP contribution in [0.4, 0.5) is 0 Å². The van der Waals surface area contributed by atoms with Crippen molar-refractivity contribution in [2.75, 3.05) is 6.61 Å². The first-order valence-corrected chi connectivity index (χ1v) is 7.35. The molecule has 6 heteroatoms. The van der Waals surface area contributed by atoms with Gasteiger partial charge < -0.3 is 4.74 Å². The first-order valence-electron chi connectivity index (χ1n) is 7.35. The number of hydrogen-bond donors (Lipinski definition) is 0. The van der Waals surface area contributed by atoms with Crippen LogP contribution in [0.3, 0.4) is 0 Å². The van der Waals surface area contributed by atoms with Gasteiger partial charge in [-0.05, 0) is 32.1 Å². The maximum absolute atomic E-state index is 12.1. The normalized spacial score (nSPS) is 22.3. The molecule has 0 saturated heterocycles. The van der Waals surface area contributed by atoms with E-state index in [1.807, 2.05) is 0 Å². The van der Waals surface area contributed by atoms with Crippen LogP contribution < -0.4 is 0 Å². The van der Waals surface area contributed by atoms with E-state index in [-0.39, 0.29) is 5.97 Å². The van der Waals surface area contributed by atoms with Crippen molar-refractivity contribution in [1.82, 2.24) is 19.7 Å². The molecule has 2 atom stereocenters. The lowest BCUT2D eigenvalue weighted by Crippen LogP contribution is -2.10. The summed E-state index contributed by atoms with van der Waals surface area (Å²) in [6, 6.07) is 0. The predicted octanol–water partition coefficient (Wildman–Crippen LogP) is 1.89. The van der Waals surface area contributed by atoms with Crippen LogP contribution in [0.15, 0.2) is 18.6 Å². The number of ether oxygens (including phenoxy) is 1. The van der Waals surface area contributed by atoms with Crippen LogP contribution in [0.2, 0.25) is 0 Å². The molecule has 0 unspecified atom stereocenters. The minimum absolute atomic E-state index is 0.338. The zero-order valence-electron chi connectivity index (χ0n) is 11.8. The van der Waals surface area contributed by atoms with Gasteiger partial charge >= 0.3 is 5.97 Å². The van der Waals surface area contributed by atoms with Gasteiger partial charge in [0.25, 0.3) is 0 Å². The van der Waals surface area contributed by atoms with Crippen LogP contribution >= 0.6 is 0 Å². The molecule has 0 amide bonds. The predicted molar refractivity (Wildman–Crippen MR) is 74.3 cm³/mol. The molecule has 0 radical (unpaired) electrons. The second-order valence-corrected chi connectivity index (χ2v) is 5.55. The molecule has 21 heavy (non-hydrogen) atoms. The van der Waals surface area contributed by atoms with Gasteiger partial charge in [-0.2, -0.15) is 5.10 Å². The van der Waals surface area contributed by atoms with Crippen LogP contribution in [-0.2, 0) is 11.2 Å². The molecule has 0 spiro atoms. The zero-order valence-corrected chi connectivity index (χ0v) is 11.8. The third-order valence-corrected chi connectivity index (χ3v) is 4.30. The largest absolute Gasteiger partial charge is 0.461 e. The van der Waals surface area contributed by atoms with Crippen LogP contribution in [0.5, 0.6) is 0 Å². The maximum atomic E-state index is 12.1. The van der Waals surface area contributed by atoms with E-state index in [0.29, 0.717) is 24.0 Å². The van der Waals surface area contributed by atoms with Gasteiger partial charge in [-0.1, -0.05) is 0 Å². The Hall–Kier alpha value is -2.24.